The van der Waals surface area contributed by atoms with E-state index in [-0.39, 0.29) is 41.6 Å². The number of benzene rings is 2. The smallest absolute Gasteiger partial charge is 0.281 e. The minimum atomic E-state index is -0.921. The summed E-state index contributed by atoms with van der Waals surface area (Å²) in [4.78, 5) is 34.3. The maximum absolute atomic E-state index is 14.1. The van der Waals surface area contributed by atoms with Crippen molar-refractivity contribution in [2.45, 2.75) is 25.3 Å². The van der Waals surface area contributed by atoms with Crippen LogP contribution in [0.1, 0.15) is 40.5 Å². The van der Waals surface area contributed by atoms with E-state index >= 15 is 0 Å². The number of aromatic amines is 1. The highest BCUT2D eigenvalue weighted by Gasteiger charge is 2.29. The molecule has 174 valence electrons. The molecule has 0 saturated carbocycles. The molecule has 2 aromatic heterocycles. The lowest BCUT2D eigenvalue weighted by molar-refractivity contribution is 0.0699. The number of amides is 1. The van der Waals surface area contributed by atoms with E-state index in [4.69, 9.17) is 0 Å². The van der Waals surface area contributed by atoms with Gasteiger partial charge in [-0.3, -0.25) is 9.59 Å². The van der Waals surface area contributed by atoms with E-state index in [9.17, 15) is 22.8 Å². The third-order valence-electron chi connectivity index (χ3n) is 5.89. The number of halogens is 3. The summed E-state index contributed by atoms with van der Waals surface area (Å²) < 4.78 is 42.0. The van der Waals surface area contributed by atoms with E-state index in [1.807, 2.05) is 0 Å². The number of carbonyl (C=O) groups excluding carboxylic acids is 1. The number of fused-ring (bicyclic) bond motifs is 1. The average molecular weight is 468 g/mol. The molecule has 4 aromatic rings. The minimum absolute atomic E-state index is 0.0722. The van der Waals surface area contributed by atoms with Crippen LogP contribution in [-0.4, -0.2) is 48.9 Å². The number of rotatable bonds is 4. The molecule has 5 rings (SSSR count). The van der Waals surface area contributed by atoms with Gasteiger partial charge in [0.15, 0.2) is 11.2 Å². The number of aromatic nitrogens is 5. The van der Waals surface area contributed by atoms with Crippen molar-refractivity contribution >= 4 is 17.1 Å². The zero-order chi connectivity index (χ0) is 23.8. The molecule has 1 atom stereocenters. The van der Waals surface area contributed by atoms with E-state index < -0.39 is 23.1 Å². The molecule has 2 aromatic carbocycles. The Labute approximate surface area is 191 Å². The van der Waals surface area contributed by atoms with Crippen LogP contribution in [0.2, 0.25) is 0 Å². The Hall–Kier alpha value is -4.02. The fourth-order valence-corrected chi connectivity index (χ4v) is 4.16. The molecule has 1 fully saturated rings. The van der Waals surface area contributed by atoms with Gasteiger partial charge < -0.3 is 9.88 Å². The number of likely N-dealkylation sites (tertiary alicyclic amines) is 1. The highest BCUT2D eigenvalue weighted by atomic mass is 19.1. The molecule has 1 unspecified atom stereocenters. The summed E-state index contributed by atoms with van der Waals surface area (Å²) in [6.45, 7) is 0.859. The number of hydrogen-bond acceptors (Lipinski definition) is 5. The number of nitrogens with one attached hydrogen (secondary N) is 1. The van der Waals surface area contributed by atoms with Crippen LogP contribution in [0.5, 0.6) is 0 Å². The Bertz CT molecular complexity index is 1430. The molecule has 1 amide bonds. The molecule has 1 saturated heterocycles. The van der Waals surface area contributed by atoms with Gasteiger partial charge in [-0.05, 0) is 42.7 Å². The Balaban J connectivity index is 1.42. The van der Waals surface area contributed by atoms with Crippen molar-refractivity contribution in [1.29, 1.82) is 0 Å². The fraction of sp³-hybridized carbons (Fsp3) is 0.261. The summed E-state index contributed by atoms with van der Waals surface area (Å²) in [5, 5.41) is 7.93. The zero-order valence-corrected chi connectivity index (χ0v) is 17.8. The van der Waals surface area contributed by atoms with Gasteiger partial charge in [0.2, 0.25) is 0 Å². The SMILES string of the molecule is O=C(c1ccc(F)cc1F)N1CCCC(c2nc3c(nnn3Cc3ccc(F)cc3)c(=O)[nH]2)C1. The summed E-state index contributed by atoms with van der Waals surface area (Å²) in [6.07, 6.45) is 1.28. The van der Waals surface area contributed by atoms with Gasteiger partial charge in [0.1, 0.15) is 23.3 Å². The van der Waals surface area contributed by atoms with Crippen molar-refractivity contribution < 1.29 is 18.0 Å². The van der Waals surface area contributed by atoms with Gasteiger partial charge in [-0.25, -0.2) is 22.8 Å². The van der Waals surface area contributed by atoms with Crippen molar-refractivity contribution in [3.05, 3.63) is 87.2 Å². The van der Waals surface area contributed by atoms with E-state index in [1.165, 1.54) is 21.7 Å². The van der Waals surface area contributed by atoms with Crippen molar-refractivity contribution in [2.24, 2.45) is 0 Å². The van der Waals surface area contributed by atoms with Crippen LogP contribution in [0, 0.1) is 17.5 Å². The number of H-pyrrole nitrogens is 1. The lowest BCUT2D eigenvalue weighted by Gasteiger charge is -2.32. The molecule has 11 heteroatoms. The molecule has 8 nitrogen and oxygen atoms in total. The maximum atomic E-state index is 14.1. The van der Waals surface area contributed by atoms with Crippen LogP contribution in [-0.2, 0) is 6.54 Å². The number of hydrogen-bond donors (Lipinski definition) is 1. The molecule has 3 heterocycles. The highest BCUT2D eigenvalue weighted by Crippen LogP contribution is 2.26. The van der Waals surface area contributed by atoms with E-state index in [0.717, 1.165) is 17.7 Å². The first-order valence-corrected chi connectivity index (χ1v) is 10.7. The fourth-order valence-electron chi connectivity index (χ4n) is 4.16. The molecule has 0 aliphatic carbocycles. The third kappa shape index (κ3) is 4.16. The predicted molar refractivity (Wildman–Crippen MR) is 116 cm³/mol. The summed E-state index contributed by atoms with van der Waals surface area (Å²) in [7, 11) is 0. The van der Waals surface area contributed by atoms with E-state index in [2.05, 4.69) is 20.3 Å². The third-order valence-corrected chi connectivity index (χ3v) is 5.89. The number of carbonyl (C=O) groups is 1. The van der Waals surface area contributed by atoms with Crippen LogP contribution in [0.25, 0.3) is 11.2 Å². The van der Waals surface area contributed by atoms with E-state index in [0.29, 0.717) is 31.3 Å². The Kier molecular flexibility index (Phi) is 5.60. The largest absolute Gasteiger partial charge is 0.338 e. The molecule has 1 aliphatic rings. The number of nitrogens with zero attached hydrogens (tertiary/aromatic N) is 5. The first-order valence-electron chi connectivity index (χ1n) is 10.7. The first-order chi connectivity index (χ1) is 16.4. The summed E-state index contributed by atoms with van der Waals surface area (Å²) >= 11 is 0. The van der Waals surface area contributed by atoms with Crippen molar-refractivity contribution in [2.75, 3.05) is 13.1 Å². The molecule has 1 aliphatic heterocycles. The summed E-state index contributed by atoms with van der Waals surface area (Å²) in [5.74, 6) is -2.51. The molecule has 0 radical (unpaired) electrons. The first kappa shape index (κ1) is 21.8. The monoisotopic (exact) mass is 468 g/mol. The van der Waals surface area contributed by atoms with Gasteiger partial charge >= 0.3 is 0 Å². The van der Waals surface area contributed by atoms with Crippen LogP contribution in [0.3, 0.4) is 0 Å². The maximum Gasteiger partial charge on any atom is 0.281 e. The van der Waals surface area contributed by atoms with Gasteiger partial charge in [0, 0.05) is 25.1 Å². The molecule has 34 heavy (non-hydrogen) atoms. The van der Waals surface area contributed by atoms with Crippen LogP contribution in [0.4, 0.5) is 13.2 Å². The summed E-state index contributed by atoms with van der Waals surface area (Å²) in [6, 6.07) is 8.72. The van der Waals surface area contributed by atoms with Crippen LogP contribution in [0.15, 0.2) is 47.3 Å². The molecule has 0 spiro atoms. The predicted octanol–water partition coefficient (Wildman–Crippen LogP) is 3.00. The molecular weight excluding hydrogens is 449 g/mol. The van der Waals surface area contributed by atoms with Gasteiger partial charge in [-0.2, -0.15) is 0 Å². The minimum Gasteiger partial charge on any atom is -0.338 e. The zero-order valence-electron chi connectivity index (χ0n) is 17.8. The molecular formula is C23H19F3N6O2. The lowest BCUT2D eigenvalue weighted by atomic mass is 9.96. The summed E-state index contributed by atoms with van der Waals surface area (Å²) in [5.41, 5.74) is 0.436. The van der Waals surface area contributed by atoms with Crippen molar-refractivity contribution in [3.8, 4) is 0 Å². The quantitative estimate of drug-likeness (QED) is 0.497. The molecule has 1 N–H and O–H groups in total. The molecule has 0 bridgehead atoms. The normalized spacial score (nSPS) is 16.2. The second kappa shape index (κ2) is 8.73. The van der Waals surface area contributed by atoms with E-state index in [1.54, 1.807) is 12.1 Å². The topological polar surface area (TPSA) is 96.8 Å². The second-order valence-electron chi connectivity index (χ2n) is 8.21. The average Bonchev–Trinajstić information content (AvgIpc) is 3.23. The Morgan fingerprint density at radius 2 is 1.85 bits per heavy atom. The van der Waals surface area contributed by atoms with Gasteiger partial charge in [0.05, 0.1) is 12.1 Å². The van der Waals surface area contributed by atoms with Gasteiger partial charge in [0.25, 0.3) is 11.5 Å². The second-order valence-corrected chi connectivity index (χ2v) is 8.21. The van der Waals surface area contributed by atoms with Crippen LogP contribution < -0.4 is 5.56 Å². The van der Waals surface area contributed by atoms with Crippen molar-refractivity contribution in [3.63, 3.8) is 0 Å². The Morgan fingerprint density at radius 1 is 1.09 bits per heavy atom. The van der Waals surface area contributed by atoms with Gasteiger partial charge in [-0.15, -0.1) is 5.10 Å². The standard InChI is InChI=1S/C23H19F3N6O2/c24-15-5-3-13(4-6-15)11-32-21-19(29-30-32)22(33)28-20(27-21)14-2-1-9-31(12-14)23(34)17-8-7-16(25)10-18(17)26/h3-8,10,14H,1-2,9,11-12H2,(H,27,28,33). The van der Waals surface area contributed by atoms with Crippen molar-refractivity contribution in [1.82, 2.24) is 29.9 Å². The Morgan fingerprint density at radius 3 is 2.62 bits per heavy atom. The highest BCUT2D eigenvalue weighted by molar-refractivity contribution is 5.94. The number of piperidine rings is 1. The lowest BCUT2D eigenvalue weighted by Crippen LogP contribution is -2.40. The van der Waals surface area contributed by atoms with Crippen LogP contribution >= 0.6 is 0 Å². The van der Waals surface area contributed by atoms with Gasteiger partial charge in [-0.1, -0.05) is 17.3 Å².